The number of ketones is 1. The van der Waals surface area contributed by atoms with Crippen molar-refractivity contribution < 1.29 is 4.79 Å². The van der Waals surface area contributed by atoms with Crippen molar-refractivity contribution in [1.82, 2.24) is 14.3 Å². The third-order valence-electron chi connectivity index (χ3n) is 5.85. The highest BCUT2D eigenvalue weighted by atomic mass is 16.1. The molecule has 30 heavy (non-hydrogen) atoms. The van der Waals surface area contributed by atoms with Gasteiger partial charge < -0.3 is 0 Å². The number of hydrogen-bond acceptors (Lipinski definition) is 4. The second-order valence-electron chi connectivity index (χ2n) is 8.72. The predicted octanol–water partition coefficient (Wildman–Crippen LogP) is 3.99. The molecule has 1 aliphatic heterocycles. The minimum absolute atomic E-state index is 0.0541. The van der Waals surface area contributed by atoms with Crippen molar-refractivity contribution in [2.45, 2.75) is 39.7 Å². The molecule has 1 saturated heterocycles. The summed E-state index contributed by atoms with van der Waals surface area (Å²) in [6.45, 7) is 6.74. The smallest absolute Gasteiger partial charge is 0.258 e. The average Bonchev–Trinajstić information content (AvgIpc) is 2.74. The molecule has 2 aromatic heterocycles. The van der Waals surface area contributed by atoms with E-state index < -0.39 is 0 Å². The second-order valence-corrected chi connectivity index (χ2v) is 8.72. The molecular formula is C25H29N3O2. The van der Waals surface area contributed by atoms with Crippen LogP contribution in [0.2, 0.25) is 0 Å². The van der Waals surface area contributed by atoms with E-state index in [-0.39, 0.29) is 17.3 Å². The van der Waals surface area contributed by atoms with E-state index in [1.165, 1.54) is 5.56 Å². The van der Waals surface area contributed by atoms with Crippen LogP contribution in [0.25, 0.3) is 5.65 Å². The highest BCUT2D eigenvalue weighted by Crippen LogP contribution is 2.23. The third-order valence-corrected chi connectivity index (χ3v) is 5.85. The SMILES string of the molecule is CC(C)Cc1ccc(C(=O)C2CCN(Cc3cc(=O)n4ccccc4n3)CC2)cc1. The summed E-state index contributed by atoms with van der Waals surface area (Å²) in [5.74, 6) is 0.949. The maximum Gasteiger partial charge on any atom is 0.258 e. The molecule has 1 fully saturated rings. The van der Waals surface area contributed by atoms with Crippen molar-refractivity contribution in [3.05, 3.63) is 81.9 Å². The van der Waals surface area contributed by atoms with E-state index in [9.17, 15) is 9.59 Å². The molecule has 4 rings (SSSR count). The maximum atomic E-state index is 12.9. The van der Waals surface area contributed by atoms with E-state index in [0.29, 0.717) is 18.1 Å². The highest BCUT2D eigenvalue weighted by molar-refractivity contribution is 5.97. The molecular weight excluding hydrogens is 374 g/mol. The van der Waals surface area contributed by atoms with E-state index in [1.807, 2.05) is 30.3 Å². The number of aromatic nitrogens is 2. The van der Waals surface area contributed by atoms with Crippen LogP contribution in [0, 0.1) is 11.8 Å². The Morgan fingerprint density at radius 3 is 2.53 bits per heavy atom. The summed E-state index contributed by atoms with van der Waals surface area (Å²) in [5, 5.41) is 0. The van der Waals surface area contributed by atoms with Crippen molar-refractivity contribution in [2.75, 3.05) is 13.1 Å². The van der Waals surface area contributed by atoms with Crippen molar-refractivity contribution >= 4 is 11.4 Å². The molecule has 0 bridgehead atoms. The second kappa shape index (κ2) is 8.92. The summed E-state index contributed by atoms with van der Waals surface area (Å²) in [6.07, 6.45) is 4.47. The Labute approximate surface area is 177 Å². The van der Waals surface area contributed by atoms with Crippen LogP contribution in [0.3, 0.4) is 0 Å². The van der Waals surface area contributed by atoms with Gasteiger partial charge in [0.25, 0.3) is 5.56 Å². The largest absolute Gasteiger partial charge is 0.297 e. The van der Waals surface area contributed by atoms with Gasteiger partial charge in [-0.2, -0.15) is 0 Å². The Balaban J connectivity index is 1.36. The van der Waals surface area contributed by atoms with Gasteiger partial charge in [0.1, 0.15) is 5.65 Å². The molecule has 1 aromatic carbocycles. The Hall–Kier alpha value is -2.79. The molecule has 5 heteroatoms. The monoisotopic (exact) mass is 403 g/mol. The zero-order valence-corrected chi connectivity index (χ0v) is 17.8. The number of piperidine rings is 1. The Kier molecular flexibility index (Phi) is 6.09. The summed E-state index contributed by atoms with van der Waals surface area (Å²) in [5.41, 5.74) is 3.52. The van der Waals surface area contributed by atoms with E-state index in [1.54, 1.807) is 16.7 Å². The van der Waals surface area contributed by atoms with Crippen molar-refractivity contribution in [1.29, 1.82) is 0 Å². The van der Waals surface area contributed by atoms with Crippen LogP contribution in [0.5, 0.6) is 0 Å². The van der Waals surface area contributed by atoms with Gasteiger partial charge in [-0.3, -0.25) is 18.9 Å². The number of likely N-dealkylation sites (tertiary alicyclic amines) is 1. The lowest BCUT2D eigenvalue weighted by Gasteiger charge is -2.31. The van der Waals surface area contributed by atoms with Gasteiger partial charge in [0.2, 0.25) is 0 Å². The van der Waals surface area contributed by atoms with Gasteiger partial charge >= 0.3 is 0 Å². The average molecular weight is 404 g/mol. The number of benzene rings is 1. The molecule has 0 N–H and O–H groups in total. The molecule has 0 spiro atoms. The topological polar surface area (TPSA) is 54.7 Å². The van der Waals surface area contributed by atoms with E-state index in [4.69, 9.17) is 0 Å². The van der Waals surface area contributed by atoms with Crippen LogP contribution >= 0.6 is 0 Å². The normalized spacial score (nSPS) is 15.7. The van der Waals surface area contributed by atoms with E-state index >= 15 is 0 Å². The first-order valence-electron chi connectivity index (χ1n) is 10.8. The van der Waals surface area contributed by atoms with Crippen LogP contribution in [-0.2, 0) is 13.0 Å². The van der Waals surface area contributed by atoms with Crippen LogP contribution in [0.15, 0.2) is 59.5 Å². The molecule has 0 saturated carbocycles. The number of carbonyl (C=O) groups is 1. The summed E-state index contributed by atoms with van der Waals surface area (Å²) < 4.78 is 1.56. The van der Waals surface area contributed by atoms with Crippen molar-refractivity contribution in [3.8, 4) is 0 Å². The molecule has 0 radical (unpaired) electrons. The van der Waals surface area contributed by atoms with Crippen molar-refractivity contribution in [2.24, 2.45) is 11.8 Å². The third kappa shape index (κ3) is 4.68. The molecule has 3 heterocycles. The fourth-order valence-electron chi connectivity index (χ4n) is 4.28. The maximum absolute atomic E-state index is 12.9. The first-order chi connectivity index (χ1) is 14.5. The lowest BCUT2D eigenvalue weighted by Crippen LogP contribution is -2.36. The summed E-state index contributed by atoms with van der Waals surface area (Å²) >= 11 is 0. The van der Waals surface area contributed by atoms with Gasteiger partial charge in [-0.1, -0.05) is 44.2 Å². The molecule has 3 aromatic rings. The Bertz CT molecular complexity index is 1080. The first kappa shape index (κ1) is 20.5. The van der Waals surface area contributed by atoms with Crippen LogP contribution in [-0.4, -0.2) is 33.2 Å². The van der Waals surface area contributed by atoms with E-state index in [2.05, 4.69) is 35.9 Å². The van der Waals surface area contributed by atoms with Crippen LogP contribution in [0.1, 0.15) is 48.3 Å². The van der Waals surface area contributed by atoms with Gasteiger partial charge in [-0.15, -0.1) is 0 Å². The summed E-state index contributed by atoms with van der Waals surface area (Å²) in [6, 6.07) is 15.3. The number of carbonyl (C=O) groups excluding carboxylic acids is 1. The van der Waals surface area contributed by atoms with Crippen molar-refractivity contribution in [3.63, 3.8) is 0 Å². The predicted molar refractivity (Wildman–Crippen MR) is 119 cm³/mol. The fourth-order valence-corrected chi connectivity index (χ4v) is 4.28. The molecule has 156 valence electrons. The Morgan fingerprint density at radius 2 is 1.83 bits per heavy atom. The molecule has 0 aliphatic carbocycles. The number of fused-ring (bicyclic) bond motifs is 1. The van der Waals surface area contributed by atoms with Gasteiger partial charge in [0.15, 0.2) is 5.78 Å². The Morgan fingerprint density at radius 1 is 1.10 bits per heavy atom. The lowest BCUT2D eigenvalue weighted by atomic mass is 9.88. The molecule has 1 aliphatic rings. The zero-order valence-electron chi connectivity index (χ0n) is 17.8. The van der Waals surface area contributed by atoms with Gasteiger partial charge in [-0.25, -0.2) is 4.98 Å². The minimum atomic E-state index is -0.0541. The van der Waals surface area contributed by atoms with Gasteiger partial charge in [0.05, 0.1) is 5.69 Å². The molecule has 0 unspecified atom stereocenters. The lowest BCUT2D eigenvalue weighted by molar-refractivity contribution is 0.0834. The number of hydrogen-bond donors (Lipinski definition) is 0. The van der Waals surface area contributed by atoms with Crippen LogP contribution in [0.4, 0.5) is 0 Å². The fraction of sp³-hybridized carbons (Fsp3) is 0.400. The van der Waals surface area contributed by atoms with E-state index in [0.717, 1.165) is 43.6 Å². The first-order valence-corrected chi connectivity index (χ1v) is 10.8. The van der Waals surface area contributed by atoms with Crippen LogP contribution < -0.4 is 5.56 Å². The standard InChI is InChI=1S/C25H29N3O2/c1-18(2)15-19-6-8-20(9-7-19)25(30)21-10-13-27(14-11-21)17-22-16-24(29)28-12-4-3-5-23(28)26-22/h3-9,12,16,18,21H,10-11,13-15,17H2,1-2H3. The number of nitrogens with zero attached hydrogens (tertiary/aromatic N) is 3. The molecule has 5 nitrogen and oxygen atoms in total. The number of Topliss-reactive ketones (excluding diaryl/α,β-unsaturated/α-hetero) is 1. The highest BCUT2D eigenvalue weighted by Gasteiger charge is 2.26. The minimum Gasteiger partial charge on any atom is -0.297 e. The number of rotatable bonds is 6. The molecule has 0 amide bonds. The summed E-state index contributed by atoms with van der Waals surface area (Å²) in [4.78, 5) is 32.1. The quantitative estimate of drug-likeness (QED) is 0.584. The number of pyridine rings is 1. The van der Waals surface area contributed by atoms with Gasteiger partial charge in [0, 0.05) is 30.3 Å². The zero-order chi connectivity index (χ0) is 21.1. The molecule has 0 atom stereocenters. The summed E-state index contributed by atoms with van der Waals surface area (Å²) in [7, 11) is 0. The van der Waals surface area contributed by atoms with Gasteiger partial charge in [-0.05, 0) is 56.0 Å².